The van der Waals surface area contributed by atoms with E-state index in [1.54, 1.807) is 18.5 Å². The third-order valence-electron chi connectivity index (χ3n) is 5.94. The van der Waals surface area contributed by atoms with Crippen LogP contribution in [0.5, 0.6) is 0 Å². The Morgan fingerprint density at radius 1 is 1.42 bits per heavy atom. The number of carboxylic acids is 1. The lowest BCUT2D eigenvalue weighted by Crippen LogP contribution is -2.71. The van der Waals surface area contributed by atoms with Crippen LogP contribution in [-0.4, -0.2) is 98.6 Å². The van der Waals surface area contributed by atoms with Crippen molar-refractivity contribution < 1.29 is 33.5 Å². The predicted octanol–water partition coefficient (Wildman–Crippen LogP) is 1.24. The number of hydrogen-bond donors (Lipinski definition) is 5. The van der Waals surface area contributed by atoms with Crippen LogP contribution >= 0.6 is 58.2 Å². The maximum Gasteiger partial charge on any atom is 0.353 e. The van der Waals surface area contributed by atoms with Gasteiger partial charge in [0, 0.05) is 39.5 Å². The number of carboxylic acid groups (broad SMARTS) is 1. The van der Waals surface area contributed by atoms with Gasteiger partial charge >= 0.3 is 5.97 Å². The number of thiazole rings is 1. The standard InChI is InChI=1S/C24H25ClFN9O6S4/c25-19-15(33-24(28)45-19)16(34-41-4-2-26)20(37)32-17-21(38)35-18(23(39)40)13(7-43-22(17)35)44-12-1-3-29-5-11(12)6-42-8-14(30-9-27)31-10-36/h1,3,5,9-10,14,17,22H,2,4,6-8H2,(H2,27,30)(H2,28,33)(H,31,36)(H,32,37)(H,39,40)/b34-16-/t14?,17-,22+/m1/s1. The molecule has 3 amide bonds. The second kappa shape index (κ2) is 16.1. The fraction of sp³-hybridized carbons (Fsp3) is 0.333. The molecule has 3 atom stereocenters. The molecule has 15 nitrogen and oxygen atoms in total. The van der Waals surface area contributed by atoms with Gasteiger partial charge in [-0.25, -0.2) is 14.2 Å². The summed E-state index contributed by atoms with van der Waals surface area (Å²) in [5.41, 5.74) is 11.1. The molecule has 1 unspecified atom stereocenters. The third kappa shape index (κ3) is 8.17. The van der Waals surface area contributed by atoms with E-state index in [1.165, 1.54) is 35.3 Å². The molecule has 1 fully saturated rings. The molecule has 2 aromatic rings. The fourth-order valence-electron chi connectivity index (χ4n) is 4.03. The highest BCUT2D eigenvalue weighted by atomic mass is 35.5. The molecule has 0 aromatic carbocycles. The van der Waals surface area contributed by atoms with Gasteiger partial charge in [-0.05, 0) is 11.6 Å². The molecule has 2 aliphatic rings. The number of nitrogen functional groups attached to an aromatic ring is 1. The zero-order valence-corrected chi connectivity index (χ0v) is 26.9. The Bertz CT molecular complexity index is 1540. The molecule has 4 heterocycles. The summed E-state index contributed by atoms with van der Waals surface area (Å²) in [5.74, 6) is -1.71. The van der Waals surface area contributed by atoms with E-state index in [1.807, 2.05) is 0 Å². The van der Waals surface area contributed by atoms with Crippen LogP contribution in [0.1, 0.15) is 11.3 Å². The molecule has 240 valence electrons. The summed E-state index contributed by atoms with van der Waals surface area (Å²) in [6.07, 6.45) is 4.36. The molecule has 45 heavy (non-hydrogen) atoms. The Kier molecular flexibility index (Phi) is 12.3. The summed E-state index contributed by atoms with van der Waals surface area (Å²) in [6.45, 7) is -1.30. The van der Waals surface area contributed by atoms with Crippen molar-refractivity contribution in [2.24, 2.45) is 15.9 Å². The highest BCUT2D eigenvalue weighted by Crippen LogP contribution is 2.46. The van der Waals surface area contributed by atoms with Gasteiger partial charge in [-0.3, -0.25) is 29.3 Å². The van der Waals surface area contributed by atoms with E-state index in [9.17, 15) is 28.7 Å². The van der Waals surface area contributed by atoms with Gasteiger partial charge < -0.3 is 32.0 Å². The number of carbonyl (C=O) groups is 4. The van der Waals surface area contributed by atoms with Crippen LogP contribution in [0.3, 0.4) is 0 Å². The average Bonchev–Trinajstić information content (AvgIpc) is 3.35. The number of pyridine rings is 1. The molecule has 0 radical (unpaired) electrons. The van der Waals surface area contributed by atoms with Gasteiger partial charge in [-0.15, -0.1) is 11.8 Å². The molecular formula is C24H25ClFN9O6S4. The van der Waals surface area contributed by atoms with Crippen LogP contribution in [0.4, 0.5) is 9.52 Å². The van der Waals surface area contributed by atoms with Crippen molar-refractivity contribution in [2.45, 2.75) is 28.2 Å². The molecule has 0 spiro atoms. The van der Waals surface area contributed by atoms with Crippen LogP contribution in [0.15, 0.2) is 44.1 Å². The van der Waals surface area contributed by atoms with Crippen LogP contribution in [-0.2, 0) is 29.8 Å². The number of rotatable bonds is 16. The molecule has 0 bridgehead atoms. The minimum atomic E-state index is -1.31. The summed E-state index contributed by atoms with van der Waals surface area (Å²) >= 11 is 11.0. The number of aliphatic imine (C=N–C) groups is 1. The van der Waals surface area contributed by atoms with E-state index < -0.39 is 54.4 Å². The largest absolute Gasteiger partial charge is 0.477 e. The molecule has 21 heteroatoms. The average molecular weight is 718 g/mol. The van der Waals surface area contributed by atoms with Crippen molar-refractivity contribution in [1.82, 2.24) is 25.5 Å². The molecule has 2 aromatic heterocycles. The Hall–Kier alpha value is -3.59. The number of carbonyl (C=O) groups excluding carboxylic acids is 3. The topological polar surface area (TPSA) is 228 Å². The Morgan fingerprint density at radius 2 is 2.22 bits per heavy atom. The SMILES string of the molecule is NC=NC(CSCc1cnccc1SC1=C(C(=O)O)N2C(=O)[C@@H](NC(=O)/C(=N\OCCF)c3nc(N)sc3Cl)[C@@H]2SC1)NC=O. The summed E-state index contributed by atoms with van der Waals surface area (Å²) in [6, 6.07) is 0.646. The van der Waals surface area contributed by atoms with Crippen molar-refractivity contribution in [3.8, 4) is 0 Å². The zero-order chi connectivity index (χ0) is 32.5. The highest BCUT2D eigenvalue weighted by molar-refractivity contribution is 8.06. The lowest BCUT2D eigenvalue weighted by atomic mass is 10.0. The molecule has 2 aliphatic heterocycles. The molecule has 0 aliphatic carbocycles. The second-order valence-corrected chi connectivity index (χ2v) is 13.7. The summed E-state index contributed by atoms with van der Waals surface area (Å²) in [4.78, 5) is 68.9. The first-order valence-corrected chi connectivity index (χ1v) is 16.9. The number of amides is 3. The highest BCUT2D eigenvalue weighted by Gasteiger charge is 2.54. The van der Waals surface area contributed by atoms with Crippen LogP contribution in [0.25, 0.3) is 0 Å². The van der Waals surface area contributed by atoms with E-state index >= 15 is 0 Å². The number of anilines is 1. The maximum atomic E-state index is 13.3. The third-order valence-corrected chi connectivity index (χ3v) is 10.8. The molecule has 7 N–H and O–H groups in total. The number of β-lactam (4-membered cyclic amide) rings is 1. The van der Waals surface area contributed by atoms with E-state index in [2.05, 4.69) is 30.7 Å². The smallest absolute Gasteiger partial charge is 0.353 e. The second-order valence-electron chi connectivity index (χ2n) is 8.77. The Labute approximate surface area is 276 Å². The maximum absolute atomic E-state index is 13.3. The van der Waals surface area contributed by atoms with Gasteiger partial charge in [-0.1, -0.05) is 39.9 Å². The Balaban J connectivity index is 1.49. The molecule has 0 saturated carbocycles. The minimum absolute atomic E-state index is 0.0343. The van der Waals surface area contributed by atoms with Crippen molar-refractivity contribution in [2.75, 3.05) is 30.5 Å². The van der Waals surface area contributed by atoms with E-state index in [4.69, 9.17) is 27.9 Å². The van der Waals surface area contributed by atoms with Crippen LogP contribution in [0.2, 0.25) is 4.34 Å². The molecule has 1 saturated heterocycles. The quantitative estimate of drug-likeness (QED) is 0.0412. The van der Waals surface area contributed by atoms with E-state index in [0.29, 0.717) is 22.8 Å². The van der Waals surface area contributed by atoms with Crippen molar-refractivity contribution >= 4 is 99.6 Å². The molecule has 4 rings (SSSR count). The first kappa shape index (κ1) is 34.3. The van der Waals surface area contributed by atoms with E-state index in [0.717, 1.165) is 33.0 Å². The fourth-order valence-corrected chi connectivity index (χ4v) is 8.59. The number of aromatic nitrogens is 2. The normalized spacial score (nSPS) is 18.8. The number of oxime groups is 1. The number of fused-ring (bicyclic) bond motifs is 1. The number of hydrogen-bond acceptors (Lipinski definition) is 14. The summed E-state index contributed by atoms with van der Waals surface area (Å²) < 4.78 is 12.6. The lowest BCUT2D eigenvalue weighted by Gasteiger charge is -2.49. The van der Waals surface area contributed by atoms with Crippen molar-refractivity contribution in [3.05, 3.63) is 44.7 Å². The number of nitrogens with two attached hydrogens (primary N) is 2. The van der Waals surface area contributed by atoms with Gasteiger partial charge in [0.1, 0.15) is 46.6 Å². The number of nitrogens with zero attached hydrogens (tertiary/aromatic N) is 5. The lowest BCUT2D eigenvalue weighted by molar-refractivity contribution is -0.150. The summed E-state index contributed by atoms with van der Waals surface area (Å²) in [7, 11) is 0. The number of halogens is 2. The number of thioether (sulfide) groups is 3. The minimum Gasteiger partial charge on any atom is -0.477 e. The van der Waals surface area contributed by atoms with Crippen LogP contribution in [0, 0.1) is 0 Å². The zero-order valence-electron chi connectivity index (χ0n) is 22.9. The predicted molar refractivity (Wildman–Crippen MR) is 172 cm³/mol. The van der Waals surface area contributed by atoms with Gasteiger partial charge in [0.05, 0.1) is 6.34 Å². The Morgan fingerprint density at radius 3 is 2.89 bits per heavy atom. The monoisotopic (exact) mass is 717 g/mol. The number of nitrogens with one attached hydrogen (secondary N) is 2. The van der Waals surface area contributed by atoms with Crippen molar-refractivity contribution in [1.29, 1.82) is 0 Å². The molecular weight excluding hydrogens is 693 g/mol. The summed E-state index contributed by atoms with van der Waals surface area (Å²) in [5, 5.41) is 18.2. The van der Waals surface area contributed by atoms with E-state index in [-0.39, 0.29) is 26.6 Å². The van der Waals surface area contributed by atoms with Gasteiger partial charge in [0.25, 0.3) is 11.8 Å². The first-order chi connectivity index (χ1) is 21.7. The number of alkyl halides is 1. The van der Waals surface area contributed by atoms with Gasteiger partial charge in [-0.2, -0.15) is 11.8 Å². The van der Waals surface area contributed by atoms with Crippen LogP contribution < -0.4 is 22.1 Å². The van der Waals surface area contributed by atoms with Gasteiger partial charge in [0.15, 0.2) is 10.8 Å². The van der Waals surface area contributed by atoms with Crippen molar-refractivity contribution in [3.63, 3.8) is 0 Å². The first-order valence-electron chi connectivity index (χ1n) is 12.7. The number of aliphatic carboxylic acids is 1. The van der Waals surface area contributed by atoms with Gasteiger partial charge in [0.2, 0.25) is 6.41 Å².